The lowest BCUT2D eigenvalue weighted by molar-refractivity contribution is -0.137. The summed E-state index contributed by atoms with van der Waals surface area (Å²) in [6.07, 6.45) is 9.92. The fourth-order valence-corrected chi connectivity index (χ4v) is 4.98. The van der Waals surface area contributed by atoms with Gasteiger partial charge in [-0.25, -0.2) is 8.42 Å². The Balaban J connectivity index is 2.07. The summed E-state index contributed by atoms with van der Waals surface area (Å²) in [6.45, 7) is 6.94. The normalized spacial score (nSPS) is 18.5. The number of nitrogens with zero attached hydrogens (tertiary/aromatic N) is 3. The Hall–Kier alpha value is -1.48. The van der Waals surface area contributed by atoms with E-state index >= 15 is 0 Å². The summed E-state index contributed by atoms with van der Waals surface area (Å²) in [5.41, 5.74) is 0.501. The van der Waals surface area contributed by atoms with E-state index in [1.807, 2.05) is 0 Å². The number of aliphatic carboxylic acids is 1. The molecule has 1 atom stereocenters. The Morgan fingerprint density at radius 1 is 1.27 bits per heavy atom. The Kier molecular flexibility index (Phi) is 8.07. The summed E-state index contributed by atoms with van der Waals surface area (Å²) in [7, 11) is -1.92. The quantitative estimate of drug-likeness (QED) is 0.577. The van der Waals surface area contributed by atoms with Crippen molar-refractivity contribution in [3.05, 3.63) is 11.7 Å². The zero-order chi connectivity index (χ0) is 22.6. The van der Waals surface area contributed by atoms with Crippen molar-refractivity contribution in [2.24, 2.45) is 10.8 Å². The highest BCUT2D eigenvalue weighted by Crippen LogP contribution is 2.53. The number of hydrogen-bond acceptors (Lipinski definition) is 6. The van der Waals surface area contributed by atoms with Gasteiger partial charge in [-0.1, -0.05) is 51.6 Å². The number of rotatable bonds is 10. The van der Waals surface area contributed by atoms with Gasteiger partial charge in [0.2, 0.25) is 15.9 Å². The van der Waals surface area contributed by atoms with Crippen molar-refractivity contribution in [3.8, 4) is 0 Å². The highest BCUT2D eigenvalue weighted by molar-refractivity contribution is 7.88. The molecule has 0 radical (unpaired) electrons. The Bertz CT molecular complexity index is 807. The smallest absolute Gasteiger partial charge is 0.304 e. The second-order valence-electron chi connectivity index (χ2n) is 9.85. The summed E-state index contributed by atoms with van der Waals surface area (Å²) >= 11 is 0. The minimum atomic E-state index is -3.36. The molecule has 0 saturated heterocycles. The van der Waals surface area contributed by atoms with E-state index in [-0.39, 0.29) is 41.4 Å². The second-order valence-corrected chi connectivity index (χ2v) is 11.9. The number of aromatic nitrogens is 2. The maximum absolute atomic E-state index is 11.6. The molecule has 0 spiro atoms. The first kappa shape index (κ1) is 24.8. The van der Waals surface area contributed by atoms with Crippen LogP contribution in [0.4, 0.5) is 0 Å². The van der Waals surface area contributed by atoms with E-state index in [9.17, 15) is 18.3 Å². The molecule has 0 aromatic carbocycles. The van der Waals surface area contributed by atoms with E-state index in [4.69, 9.17) is 4.52 Å². The Morgan fingerprint density at radius 2 is 1.90 bits per heavy atom. The zero-order valence-electron chi connectivity index (χ0n) is 19.0. The molecule has 1 saturated carbocycles. The molecule has 172 valence electrons. The average Bonchev–Trinajstić information content (AvgIpc) is 3.08. The van der Waals surface area contributed by atoms with Crippen LogP contribution in [0.25, 0.3) is 0 Å². The summed E-state index contributed by atoms with van der Waals surface area (Å²) in [4.78, 5) is 15.7. The van der Waals surface area contributed by atoms with Gasteiger partial charge in [0, 0.05) is 13.0 Å². The first-order chi connectivity index (χ1) is 13.8. The molecule has 1 aliphatic rings. The third-order valence-electron chi connectivity index (χ3n) is 6.79. The molecular formula is C21H37N3O5S. The molecule has 8 nitrogen and oxygen atoms in total. The third kappa shape index (κ3) is 6.51. The largest absolute Gasteiger partial charge is 0.481 e. The summed E-state index contributed by atoms with van der Waals surface area (Å²) in [6, 6.07) is 0. The maximum Gasteiger partial charge on any atom is 0.304 e. The molecule has 0 bridgehead atoms. The highest BCUT2D eigenvalue weighted by Gasteiger charge is 2.42. The van der Waals surface area contributed by atoms with Gasteiger partial charge < -0.3 is 9.63 Å². The van der Waals surface area contributed by atoms with Gasteiger partial charge in [0.15, 0.2) is 5.82 Å². The number of carboxylic acid groups (broad SMARTS) is 1. The van der Waals surface area contributed by atoms with E-state index in [0.29, 0.717) is 6.42 Å². The fraction of sp³-hybridized carbons (Fsp3) is 0.857. The van der Waals surface area contributed by atoms with Gasteiger partial charge in [-0.05, 0) is 36.5 Å². The van der Waals surface area contributed by atoms with Crippen LogP contribution in [-0.2, 0) is 21.4 Å². The van der Waals surface area contributed by atoms with Crippen molar-refractivity contribution in [1.82, 2.24) is 14.4 Å². The minimum Gasteiger partial charge on any atom is -0.481 e. The predicted molar refractivity (Wildman–Crippen MR) is 114 cm³/mol. The van der Waals surface area contributed by atoms with Crippen molar-refractivity contribution in [1.29, 1.82) is 0 Å². The van der Waals surface area contributed by atoms with Gasteiger partial charge in [0.1, 0.15) is 0 Å². The third-order valence-corrected chi connectivity index (χ3v) is 8.06. The first-order valence-electron chi connectivity index (χ1n) is 10.8. The molecule has 30 heavy (non-hydrogen) atoms. The van der Waals surface area contributed by atoms with Crippen molar-refractivity contribution in [3.63, 3.8) is 0 Å². The molecule has 9 heteroatoms. The van der Waals surface area contributed by atoms with Crippen molar-refractivity contribution < 1.29 is 22.8 Å². The SMILES string of the molecule is CN(Cc1noc(C(CCCC2(C(C)(C)C)CCCCC2)CC(=O)O)n1)S(C)(=O)=O. The summed E-state index contributed by atoms with van der Waals surface area (Å²) < 4.78 is 29.6. The molecule has 1 N–H and O–H groups in total. The van der Waals surface area contributed by atoms with Crippen molar-refractivity contribution in [2.75, 3.05) is 13.3 Å². The van der Waals surface area contributed by atoms with Crippen molar-refractivity contribution in [2.45, 2.75) is 91.0 Å². The van der Waals surface area contributed by atoms with Crippen LogP contribution in [0, 0.1) is 10.8 Å². The molecule has 1 unspecified atom stereocenters. The van der Waals surface area contributed by atoms with Crippen LogP contribution in [0.5, 0.6) is 0 Å². The molecule has 1 heterocycles. The average molecular weight is 444 g/mol. The van der Waals surface area contributed by atoms with Crippen LogP contribution < -0.4 is 0 Å². The van der Waals surface area contributed by atoms with E-state index in [1.54, 1.807) is 0 Å². The van der Waals surface area contributed by atoms with Gasteiger partial charge >= 0.3 is 5.97 Å². The Labute approximate surface area is 180 Å². The second kappa shape index (κ2) is 9.77. The van der Waals surface area contributed by atoms with Gasteiger partial charge in [0.25, 0.3) is 0 Å². The van der Waals surface area contributed by atoms with Crippen LogP contribution in [0.15, 0.2) is 4.52 Å². The van der Waals surface area contributed by atoms with E-state index in [2.05, 4.69) is 30.9 Å². The van der Waals surface area contributed by atoms with Crippen LogP contribution in [0.2, 0.25) is 0 Å². The fourth-order valence-electron chi connectivity index (χ4n) is 4.63. The predicted octanol–water partition coefficient (Wildman–Crippen LogP) is 4.19. The summed E-state index contributed by atoms with van der Waals surface area (Å²) in [5.74, 6) is -0.751. The number of sulfonamides is 1. The topological polar surface area (TPSA) is 114 Å². The van der Waals surface area contributed by atoms with Crippen LogP contribution >= 0.6 is 0 Å². The van der Waals surface area contributed by atoms with Gasteiger partial charge in [-0.2, -0.15) is 9.29 Å². The molecule has 1 aromatic rings. The number of carboxylic acids is 1. The molecule has 2 rings (SSSR count). The molecule has 0 amide bonds. The molecular weight excluding hydrogens is 406 g/mol. The van der Waals surface area contributed by atoms with Gasteiger partial charge in [-0.3, -0.25) is 4.79 Å². The highest BCUT2D eigenvalue weighted by atomic mass is 32.2. The van der Waals surface area contributed by atoms with Crippen LogP contribution in [0.1, 0.15) is 96.2 Å². The van der Waals surface area contributed by atoms with E-state index in [0.717, 1.165) is 23.4 Å². The molecule has 0 aliphatic heterocycles. The maximum atomic E-state index is 11.6. The Morgan fingerprint density at radius 3 is 2.43 bits per heavy atom. The first-order valence-corrected chi connectivity index (χ1v) is 12.6. The molecule has 1 fully saturated rings. The lowest BCUT2D eigenvalue weighted by Crippen LogP contribution is -2.37. The molecule has 1 aliphatic carbocycles. The van der Waals surface area contributed by atoms with Gasteiger partial charge in [0.05, 0.1) is 19.2 Å². The van der Waals surface area contributed by atoms with Crippen molar-refractivity contribution >= 4 is 16.0 Å². The van der Waals surface area contributed by atoms with E-state index in [1.165, 1.54) is 39.2 Å². The summed E-state index contributed by atoms with van der Waals surface area (Å²) in [5, 5.41) is 13.2. The molecule has 1 aromatic heterocycles. The zero-order valence-corrected chi connectivity index (χ0v) is 19.8. The number of carbonyl (C=O) groups is 1. The lowest BCUT2D eigenvalue weighted by atomic mass is 9.57. The van der Waals surface area contributed by atoms with Crippen LogP contribution in [-0.4, -0.2) is 47.2 Å². The number of hydrogen-bond donors (Lipinski definition) is 1. The van der Waals surface area contributed by atoms with Crippen LogP contribution in [0.3, 0.4) is 0 Å². The lowest BCUT2D eigenvalue weighted by Gasteiger charge is -2.48. The van der Waals surface area contributed by atoms with E-state index < -0.39 is 16.0 Å². The van der Waals surface area contributed by atoms with Gasteiger partial charge in [-0.15, -0.1) is 0 Å². The minimum absolute atomic E-state index is 0.00470. The standard InChI is InChI=1S/C21H37N3O5S/c1-20(2,3)21(11-7-6-8-12-21)13-9-10-16(14-18(25)26)19-22-17(23-29-19)15-24(4)30(5,27)28/h16H,6-15H2,1-5H3,(H,25,26). The monoisotopic (exact) mass is 443 g/mol.